The third-order valence-electron chi connectivity index (χ3n) is 0.376. The molecule has 0 radical (unpaired) electrons. The van der Waals surface area contributed by atoms with Gasteiger partial charge in [0.2, 0.25) is 6.16 Å². The van der Waals surface area contributed by atoms with Gasteiger partial charge in [-0.3, -0.25) is 4.55 Å². The van der Waals surface area contributed by atoms with Gasteiger partial charge in [-0.05, 0) is 0 Å². The molecule has 0 amide bonds. The first-order valence-electron chi connectivity index (χ1n) is 2.34. The molecule has 0 fully saturated rings. The van der Waals surface area contributed by atoms with Gasteiger partial charge in [0.15, 0.2) is 0 Å². The molecule has 0 heterocycles. The van der Waals surface area contributed by atoms with E-state index in [0.29, 0.717) is 0 Å². The molecule has 0 atom stereocenters. The Kier molecular flexibility index (Phi) is 15.2. The summed E-state index contributed by atoms with van der Waals surface area (Å²) in [6.07, 6.45) is -2.08. The SMILES string of the molecule is NCCS(=O)(=O)O.O=C([O-])O.[K+]. The Bertz CT molecular complexity index is 197. The third kappa shape index (κ3) is 45.1. The van der Waals surface area contributed by atoms with Crippen molar-refractivity contribution >= 4 is 16.3 Å². The molecule has 9 heteroatoms. The van der Waals surface area contributed by atoms with Gasteiger partial charge in [-0.25, -0.2) is 0 Å². The predicted octanol–water partition coefficient (Wildman–Crippen LogP) is -5.28. The Morgan fingerprint density at radius 3 is 1.75 bits per heavy atom. The molecule has 0 unspecified atom stereocenters. The Labute approximate surface area is 112 Å². The van der Waals surface area contributed by atoms with Gasteiger partial charge in [0, 0.05) is 6.54 Å². The summed E-state index contributed by atoms with van der Waals surface area (Å²) >= 11 is 0. The molecule has 7 nitrogen and oxygen atoms in total. The average molecular weight is 225 g/mol. The smallest absolute Gasteiger partial charge is 0.565 e. The van der Waals surface area contributed by atoms with Crippen molar-refractivity contribution in [1.82, 2.24) is 0 Å². The quantitative estimate of drug-likeness (QED) is 0.315. The van der Waals surface area contributed by atoms with Gasteiger partial charge in [0.25, 0.3) is 10.1 Å². The van der Waals surface area contributed by atoms with Crippen LogP contribution >= 0.6 is 0 Å². The summed E-state index contributed by atoms with van der Waals surface area (Å²) in [7, 11) is -3.80. The zero-order valence-electron chi connectivity index (χ0n) is 6.43. The maximum atomic E-state index is 9.71. The monoisotopic (exact) mass is 225 g/mol. The normalized spacial score (nSPS) is 8.83. The van der Waals surface area contributed by atoms with Crippen LogP contribution in [0.4, 0.5) is 4.79 Å². The molecule has 0 aromatic rings. The first-order valence-corrected chi connectivity index (χ1v) is 3.95. The maximum absolute atomic E-state index is 9.71. The minimum absolute atomic E-state index is 0. The van der Waals surface area contributed by atoms with Crippen LogP contribution in [-0.4, -0.2) is 36.5 Å². The van der Waals surface area contributed by atoms with Crippen molar-refractivity contribution in [2.24, 2.45) is 5.73 Å². The van der Waals surface area contributed by atoms with Crippen molar-refractivity contribution in [1.29, 1.82) is 0 Å². The fourth-order valence-corrected chi connectivity index (χ4v) is 0.447. The van der Waals surface area contributed by atoms with E-state index in [9.17, 15) is 8.42 Å². The molecule has 0 saturated carbocycles. The van der Waals surface area contributed by atoms with Crippen molar-refractivity contribution in [3.05, 3.63) is 0 Å². The summed E-state index contributed by atoms with van der Waals surface area (Å²) < 4.78 is 27.3. The van der Waals surface area contributed by atoms with E-state index in [4.69, 9.17) is 25.3 Å². The van der Waals surface area contributed by atoms with E-state index in [1.165, 1.54) is 0 Å². The number of rotatable bonds is 2. The second kappa shape index (κ2) is 9.86. The van der Waals surface area contributed by atoms with Crippen LogP contribution in [-0.2, 0) is 10.1 Å². The van der Waals surface area contributed by atoms with Crippen LogP contribution in [0.1, 0.15) is 0 Å². The van der Waals surface area contributed by atoms with E-state index in [2.05, 4.69) is 0 Å². The predicted molar refractivity (Wildman–Crippen MR) is 33.5 cm³/mol. The van der Waals surface area contributed by atoms with Gasteiger partial charge in [-0.1, -0.05) is 0 Å². The molecule has 0 rings (SSSR count). The molecule has 0 aliphatic carbocycles. The van der Waals surface area contributed by atoms with Crippen LogP contribution in [0.5, 0.6) is 0 Å². The second-order valence-corrected chi connectivity index (χ2v) is 2.91. The van der Waals surface area contributed by atoms with E-state index < -0.39 is 16.3 Å². The Balaban J connectivity index is -0.000000142. The molecule has 0 bridgehead atoms. The topological polar surface area (TPSA) is 141 Å². The van der Waals surface area contributed by atoms with Gasteiger partial charge in [-0.15, -0.1) is 0 Å². The Hall–Kier alpha value is 0.776. The van der Waals surface area contributed by atoms with Gasteiger partial charge in [0.05, 0.1) is 5.75 Å². The molecule has 0 aromatic heterocycles. The molecule has 12 heavy (non-hydrogen) atoms. The zero-order valence-corrected chi connectivity index (χ0v) is 10.4. The number of hydrogen-bond acceptors (Lipinski definition) is 5. The number of hydrogen-bond donors (Lipinski definition) is 3. The van der Waals surface area contributed by atoms with Gasteiger partial charge >= 0.3 is 51.4 Å². The summed E-state index contributed by atoms with van der Waals surface area (Å²) in [5, 5.41) is 15.3. The van der Waals surface area contributed by atoms with E-state index in [-0.39, 0.29) is 63.7 Å². The molecule has 4 N–H and O–H groups in total. The minimum atomic E-state index is -3.80. The van der Waals surface area contributed by atoms with Crippen molar-refractivity contribution in [2.75, 3.05) is 12.3 Å². The van der Waals surface area contributed by atoms with Gasteiger partial charge in [-0.2, -0.15) is 8.42 Å². The summed E-state index contributed by atoms with van der Waals surface area (Å²) in [6.45, 7) is -0.0289. The third-order valence-corrected chi connectivity index (χ3v) is 1.13. The van der Waals surface area contributed by atoms with Crippen LogP contribution in [0, 0.1) is 0 Å². The fourth-order valence-electron chi connectivity index (χ4n) is 0.149. The van der Waals surface area contributed by atoms with Crippen molar-refractivity contribution in [3.8, 4) is 0 Å². The van der Waals surface area contributed by atoms with Gasteiger partial charge < -0.3 is 20.7 Å². The van der Waals surface area contributed by atoms with E-state index in [0.717, 1.165) is 0 Å². The van der Waals surface area contributed by atoms with Crippen LogP contribution in [0.25, 0.3) is 0 Å². The Morgan fingerprint density at radius 2 is 1.75 bits per heavy atom. The molecular weight excluding hydrogens is 217 g/mol. The van der Waals surface area contributed by atoms with E-state index in [1.54, 1.807) is 0 Å². The van der Waals surface area contributed by atoms with Crippen molar-refractivity contribution < 1.29 is 79.4 Å². The van der Waals surface area contributed by atoms with Gasteiger partial charge in [0.1, 0.15) is 0 Å². The van der Waals surface area contributed by atoms with Crippen molar-refractivity contribution in [3.63, 3.8) is 0 Å². The van der Waals surface area contributed by atoms with E-state index in [1.807, 2.05) is 0 Å². The first-order chi connectivity index (χ1) is 4.79. The molecule has 0 aliphatic rings. The Morgan fingerprint density at radius 1 is 1.50 bits per heavy atom. The summed E-state index contributed by atoms with van der Waals surface area (Å²) in [5.41, 5.74) is 4.78. The van der Waals surface area contributed by atoms with Crippen LogP contribution in [0.15, 0.2) is 0 Å². The molecule has 0 spiro atoms. The number of carbonyl (C=O) groups is 1. The standard InChI is InChI=1S/C2H7NO3S.CH2O3.K/c3-1-2-7(4,5)6;2-1(3)4;/h1-3H2,(H,4,5,6);(H2,2,3,4);/q;;+1/p-1. The van der Waals surface area contributed by atoms with Crippen LogP contribution in [0.2, 0.25) is 0 Å². The first kappa shape index (κ1) is 18.5. The molecular formula is C3H8KNO6S. The number of carboxylic acid groups (broad SMARTS) is 2. The average Bonchev–Trinajstić information content (AvgIpc) is 1.58. The largest absolute Gasteiger partial charge is 1.00 e. The summed E-state index contributed by atoms with van der Waals surface area (Å²) in [5.74, 6) is -0.354. The van der Waals surface area contributed by atoms with E-state index >= 15 is 0 Å². The summed E-state index contributed by atoms with van der Waals surface area (Å²) in [6, 6.07) is 0. The minimum Gasteiger partial charge on any atom is -0.565 e. The maximum Gasteiger partial charge on any atom is 1.00 e. The van der Waals surface area contributed by atoms with Crippen LogP contribution < -0.4 is 62.2 Å². The molecule has 68 valence electrons. The van der Waals surface area contributed by atoms with Crippen molar-refractivity contribution in [2.45, 2.75) is 0 Å². The number of nitrogens with two attached hydrogens (primary N) is 1. The molecule has 0 aromatic carbocycles. The van der Waals surface area contributed by atoms with Crippen LogP contribution in [0.3, 0.4) is 0 Å². The zero-order chi connectivity index (χ0) is 9.49. The summed E-state index contributed by atoms with van der Waals surface area (Å²) in [4.78, 5) is 8.44. The second-order valence-electron chi connectivity index (χ2n) is 1.34. The molecule has 0 aliphatic heterocycles. The molecule has 0 saturated heterocycles. The fraction of sp³-hybridized carbons (Fsp3) is 0.667.